The van der Waals surface area contributed by atoms with Crippen molar-refractivity contribution < 1.29 is 0 Å². The summed E-state index contributed by atoms with van der Waals surface area (Å²) in [7, 11) is 0. The summed E-state index contributed by atoms with van der Waals surface area (Å²) in [6.07, 6.45) is 3.32. The average molecular weight is 177 g/mol. The lowest BCUT2D eigenvalue weighted by Gasteiger charge is -1.98. The maximum atomic E-state index is 3.97. The molecule has 0 aliphatic carbocycles. The van der Waals surface area contributed by atoms with Crippen molar-refractivity contribution in [2.75, 3.05) is 5.32 Å². The second-order valence-corrected chi connectivity index (χ2v) is 2.25. The summed E-state index contributed by atoms with van der Waals surface area (Å²) in [4.78, 5) is 7.94. The van der Waals surface area contributed by atoms with E-state index in [2.05, 4.69) is 35.9 Å². The molecule has 66 valence electrons. The van der Waals surface area contributed by atoms with Crippen LogP contribution in [0.3, 0.4) is 0 Å². The van der Waals surface area contributed by atoms with Gasteiger partial charge in [-0.3, -0.25) is 0 Å². The standard InChI is InChI=1S/C6H7N7/c1-2-7-6(8-3-1)9-4-5-10-12-13-11-5/h1-3H,4H2,(H,7,8,9)(H,10,11,12,13). The number of nitrogens with zero attached hydrogens (tertiary/aromatic N) is 5. The van der Waals surface area contributed by atoms with Crippen molar-refractivity contribution in [2.45, 2.75) is 6.54 Å². The van der Waals surface area contributed by atoms with E-state index in [9.17, 15) is 0 Å². The maximum absolute atomic E-state index is 3.97. The van der Waals surface area contributed by atoms with Crippen LogP contribution in [0.2, 0.25) is 0 Å². The topological polar surface area (TPSA) is 92.3 Å². The second kappa shape index (κ2) is 3.57. The number of tetrazole rings is 1. The van der Waals surface area contributed by atoms with Gasteiger partial charge in [0.15, 0.2) is 5.82 Å². The minimum atomic E-state index is 0.459. The summed E-state index contributed by atoms with van der Waals surface area (Å²) < 4.78 is 0. The van der Waals surface area contributed by atoms with Gasteiger partial charge in [-0.2, -0.15) is 5.21 Å². The van der Waals surface area contributed by atoms with Gasteiger partial charge in [0.25, 0.3) is 0 Å². The highest BCUT2D eigenvalue weighted by atomic mass is 15.5. The molecule has 0 amide bonds. The third-order valence-electron chi connectivity index (χ3n) is 1.36. The molecule has 0 spiro atoms. The molecule has 2 aromatic rings. The lowest BCUT2D eigenvalue weighted by molar-refractivity contribution is 0.881. The molecule has 0 aromatic carbocycles. The quantitative estimate of drug-likeness (QED) is 0.662. The second-order valence-electron chi connectivity index (χ2n) is 2.25. The molecule has 7 nitrogen and oxygen atoms in total. The SMILES string of the molecule is c1cnc(NCc2nn[nH]n2)nc1. The Balaban J connectivity index is 1.94. The largest absolute Gasteiger partial charge is 0.347 e. The fraction of sp³-hybridized carbons (Fsp3) is 0.167. The summed E-state index contributed by atoms with van der Waals surface area (Å²) >= 11 is 0. The Kier molecular flexibility index (Phi) is 2.08. The number of aromatic nitrogens is 6. The molecular formula is C6H7N7. The first-order valence-electron chi connectivity index (χ1n) is 3.68. The van der Waals surface area contributed by atoms with Crippen LogP contribution < -0.4 is 5.32 Å². The third kappa shape index (κ3) is 1.95. The maximum Gasteiger partial charge on any atom is 0.222 e. The Morgan fingerprint density at radius 3 is 2.85 bits per heavy atom. The first kappa shape index (κ1) is 7.59. The summed E-state index contributed by atoms with van der Waals surface area (Å²) in [5.74, 6) is 1.12. The van der Waals surface area contributed by atoms with E-state index in [1.54, 1.807) is 18.5 Å². The molecule has 7 heteroatoms. The molecule has 0 unspecified atom stereocenters. The van der Waals surface area contributed by atoms with Crippen LogP contribution in [0, 0.1) is 0 Å². The van der Waals surface area contributed by atoms with Crippen LogP contribution in [0.1, 0.15) is 5.82 Å². The monoisotopic (exact) mass is 177 g/mol. The molecular weight excluding hydrogens is 170 g/mol. The van der Waals surface area contributed by atoms with Gasteiger partial charge < -0.3 is 5.32 Å². The lowest BCUT2D eigenvalue weighted by Crippen LogP contribution is -2.04. The molecule has 2 rings (SSSR count). The van der Waals surface area contributed by atoms with Crippen LogP contribution in [0.5, 0.6) is 0 Å². The Labute approximate surface area is 73.6 Å². The number of rotatable bonds is 3. The van der Waals surface area contributed by atoms with Crippen molar-refractivity contribution in [3.8, 4) is 0 Å². The van der Waals surface area contributed by atoms with Crippen LogP contribution in [0.15, 0.2) is 18.5 Å². The molecule has 0 aliphatic rings. The normalized spacial score (nSPS) is 9.85. The van der Waals surface area contributed by atoms with E-state index < -0.39 is 0 Å². The third-order valence-corrected chi connectivity index (χ3v) is 1.36. The van der Waals surface area contributed by atoms with E-state index in [0.29, 0.717) is 18.3 Å². The minimum Gasteiger partial charge on any atom is -0.347 e. The van der Waals surface area contributed by atoms with Crippen LogP contribution in [-0.2, 0) is 6.54 Å². The van der Waals surface area contributed by atoms with Crippen LogP contribution in [-0.4, -0.2) is 30.6 Å². The van der Waals surface area contributed by atoms with Gasteiger partial charge in [0, 0.05) is 12.4 Å². The van der Waals surface area contributed by atoms with Crippen molar-refractivity contribution >= 4 is 5.95 Å². The molecule has 13 heavy (non-hydrogen) atoms. The van der Waals surface area contributed by atoms with Crippen LogP contribution in [0.25, 0.3) is 0 Å². The van der Waals surface area contributed by atoms with Gasteiger partial charge in [0.1, 0.15) is 0 Å². The Bertz CT molecular complexity index is 342. The summed E-state index contributed by atoms with van der Waals surface area (Å²) in [6, 6.07) is 1.75. The number of hydrogen-bond acceptors (Lipinski definition) is 6. The Hall–Kier alpha value is -2.05. The molecule has 0 saturated heterocycles. The van der Waals surface area contributed by atoms with Gasteiger partial charge in [-0.05, 0) is 6.07 Å². The predicted octanol–water partition coefficient (Wildman–Crippen LogP) is -0.398. The highest BCUT2D eigenvalue weighted by Crippen LogP contribution is 1.95. The Morgan fingerprint density at radius 2 is 2.15 bits per heavy atom. The fourth-order valence-corrected chi connectivity index (χ4v) is 0.806. The zero-order valence-corrected chi connectivity index (χ0v) is 6.68. The van der Waals surface area contributed by atoms with Gasteiger partial charge >= 0.3 is 0 Å². The summed E-state index contributed by atoms with van der Waals surface area (Å²) in [5.41, 5.74) is 0. The molecule has 0 radical (unpaired) electrons. The minimum absolute atomic E-state index is 0.459. The van der Waals surface area contributed by atoms with Gasteiger partial charge in [-0.15, -0.1) is 10.2 Å². The molecule has 0 fully saturated rings. The zero-order valence-electron chi connectivity index (χ0n) is 6.68. The predicted molar refractivity (Wildman–Crippen MR) is 43.5 cm³/mol. The lowest BCUT2D eigenvalue weighted by atomic mass is 10.6. The average Bonchev–Trinajstić information content (AvgIpc) is 2.69. The molecule has 0 aliphatic heterocycles. The highest BCUT2D eigenvalue weighted by molar-refractivity contribution is 5.22. The zero-order chi connectivity index (χ0) is 8.93. The van der Waals surface area contributed by atoms with Crippen molar-refractivity contribution in [1.82, 2.24) is 30.6 Å². The van der Waals surface area contributed by atoms with Gasteiger partial charge in [-0.1, -0.05) is 5.21 Å². The van der Waals surface area contributed by atoms with Crippen LogP contribution >= 0.6 is 0 Å². The molecule has 0 atom stereocenters. The summed E-state index contributed by atoms with van der Waals surface area (Å²) in [5, 5.41) is 16.2. The number of aromatic amines is 1. The van der Waals surface area contributed by atoms with Gasteiger partial charge in [-0.25, -0.2) is 9.97 Å². The molecule has 0 saturated carbocycles. The van der Waals surface area contributed by atoms with Crippen molar-refractivity contribution in [3.05, 3.63) is 24.3 Å². The van der Waals surface area contributed by atoms with Gasteiger partial charge in [0.05, 0.1) is 6.54 Å². The molecule has 2 N–H and O–H groups in total. The first-order valence-corrected chi connectivity index (χ1v) is 3.68. The number of hydrogen-bond donors (Lipinski definition) is 2. The number of H-pyrrole nitrogens is 1. The van der Waals surface area contributed by atoms with Crippen molar-refractivity contribution in [3.63, 3.8) is 0 Å². The number of nitrogens with one attached hydrogen (secondary N) is 2. The fourth-order valence-electron chi connectivity index (χ4n) is 0.806. The smallest absolute Gasteiger partial charge is 0.222 e. The van der Waals surface area contributed by atoms with E-state index in [1.165, 1.54) is 0 Å². The summed E-state index contributed by atoms with van der Waals surface area (Å²) in [6.45, 7) is 0.459. The molecule has 0 bridgehead atoms. The van der Waals surface area contributed by atoms with Crippen molar-refractivity contribution in [1.29, 1.82) is 0 Å². The molecule has 2 aromatic heterocycles. The van der Waals surface area contributed by atoms with Crippen molar-refractivity contribution in [2.24, 2.45) is 0 Å². The van der Waals surface area contributed by atoms with E-state index in [1.807, 2.05) is 0 Å². The van der Waals surface area contributed by atoms with E-state index in [4.69, 9.17) is 0 Å². The van der Waals surface area contributed by atoms with Crippen LogP contribution in [0.4, 0.5) is 5.95 Å². The van der Waals surface area contributed by atoms with E-state index >= 15 is 0 Å². The van der Waals surface area contributed by atoms with E-state index in [-0.39, 0.29) is 0 Å². The number of anilines is 1. The molecule has 2 heterocycles. The van der Waals surface area contributed by atoms with E-state index in [0.717, 1.165) is 0 Å². The Morgan fingerprint density at radius 1 is 1.31 bits per heavy atom. The van der Waals surface area contributed by atoms with Gasteiger partial charge in [0.2, 0.25) is 5.95 Å². The first-order chi connectivity index (χ1) is 6.45. The highest BCUT2D eigenvalue weighted by Gasteiger charge is 1.97.